The van der Waals surface area contributed by atoms with Crippen LogP contribution >= 0.6 is 12.2 Å². The topological polar surface area (TPSA) is 82.8 Å². The summed E-state index contributed by atoms with van der Waals surface area (Å²) in [5.74, 6) is -0.102. The molecule has 0 amide bonds. The average Bonchev–Trinajstić information content (AvgIpc) is 2.68. The molecule has 148 valence electrons. The number of aromatic amines is 1. The Bertz CT molecular complexity index is 806. The van der Waals surface area contributed by atoms with Crippen molar-refractivity contribution in [1.82, 2.24) is 14.5 Å². The van der Waals surface area contributed by atoms with Gasteiger partial charge in [0.15, 0.2) is 4.77 Å². The van der Waals surface area contributed by atoms with E-state index >= 15 is 0 Å². The maximum Gasteiger partial charge on any atom is 0.264 e. The molecule has 2 heterocycles. The molecule has 1 fully saturated rings. The van der Waals surface area contributed by atoms with Crippen LogP contribution in [-0.4, -0.2) is 65.2 Å². The zero-order valence-electron chi connectivity index (χ0n) is 15.7. The molecule has 0 spiro atoms. The Kier molecular flexibility index (Phi) is 7.37. The molecule has 2 aliphatic rings. The van der Waals surface area contributed by atoms with Gasteiger partial charge in [0.05, 0.1) is 19.8 Å². The van der Waals surface area contributed by atoms with Crippen LogP contribution < -0.4 is 5.56 Å². The van der Waals surface area contributed by atoms with Gasteiger partial charge in [-0.25, -0.2) is 0 Å². The number of nitrogens with one attached hydrogen (secondary N) is 1. The zero-order valence-corrected chi connectivity index (χ0v) is 16.5. The summed E-state index contributed by atoms with van der Waals surface area (Å²) in [4.78, 5) is 21.4. The van der Waals surface area contributed by atoms with Gasteiger partial charge in [-0.3, -0.25) is 24.2 Å². The highest BCUT2D eigenvalue weighted by Gasteiger charge is 2.13. The van der Waals surface area contributed by atoms with E-state index in [2.05, 4.69) is 21.0 Å². The van der Waals surface area contributed by atoms with E-state index in [1.807, 2.05) is 0 Å². The molecule has 7 nitrogen and oxygen atoms in total. The summed E-state index contributed by atoms with van der Waals surface area (Å²) < 4.78 is 7.16. The van der Waals surface area contributed by atoms with Gasteiger partial charge in [0, 0.05) is 32.4 Å². The molecule has 1 aliphatic heterocycles. The summed E-state index contributed by atoms with van der Waals surface area (Å²) in [6.07, 6.45) is 9.27. The lowest BCUT2D eigenvalue weighted by atomic mass is 9.97. The fourth-order valence-corrected chi connectivity index (χ4v) is 3.74. The van der Waals surface area contributed by atoms with Crippen LogP contribution in [0.4, 0.5) is 0 Å². The smallest absolute Gasteiger partial charge is 0.264 e. The fraction of sp³-hybridized carbons (Fsp3) is 0.632. The fourth-order valence-electron chi connectivity index (χ4n) is 3.47. The molecule has 2 N–H and O–H groups in total. The number of aliphatic imine (C=N–C) groups is 1. The Balaban J connectivity index is 1.65. The number of hydrogen-bond acceptors (Lipinski definition) is 6. The van der Waals surface area contributed by atoms with Gasteiger partial charge in [-0.2, -0.15) is 0 Å². The van der Waals surface area contributed by atoms with Crippen LogP contribution in [0.2, 0.25) is 0 Å². The van der Waals surface area contributed by atoms with Crippen molar-refractivity contribution in [3.8, 4) is 5.88 Å². The van der Waals surface area contributed by atoms with Crippen LogP contribution in [0.25, 0.3) is 0 Å². The molecule has 1 aliphatic carbocycles. The van der Waals surface area contributed by atoms with Crippen LogP contribution in [0.1, 0.15) is 37.7 Å². The van der Waals surface area contributed by atoms with Crippen LogP contribution in [0, 0.1) is 4.77 Å². The molecule has 0 bridgehead atoms. The molecule has 0 saturated carbocycles. The van der Waals surface area contributed by atoms with E-state index in [0.717, 1.165) is 52.1 Å². The minimum Gasteiger partial charge on any atom is -0.494 e. The molecule has 8 heteroatoms. The standard InChI is InChI=1S/C19H28N4O3S/c24-17-16(14-20-7-9-22-10-12-26-13-11-22)18(25)23(19(27)21-17)8-6-15-4-2-1-3-5-15/h4,14,25H,1-3,5-13H2,(H,21,24,27). The predicted octanol–water partition coefficient (Wildman–Crippen LogP) is 2.25. The maximum absolute atomic E-state index is 12.2. The van der Waals surface area contributed by atoms with Crippen LogP contribution in [-0.2, 0) is 11.3 Å². The van der Waals surface area contributed by atoms with Gasteiger partial charge < -0.3 is 9.84 Å². The summed E-state index contributed by atoms with van der Waals surface area (Å²) in [5, 5.41) is 10.6. The third kappa shape index (κ3) is 5.60. The number of aromatic nitrogens is 2. The maximum atomic E-state index is 12.2. The van der Waals surface area contributed by atoms with Crippen molar-refractivity contribution >= 4 is 18.4 Å². The number of hydrogen-bond donors (Lipinski definition) is 2. The lowest BCUT2D eigenvalue weighted by molar-refractivity contribution is 0.0395. The molecule has 0 atom stereocenters. The molecule has 27 heavy (non-hydrogen) atoms. The Morgan fingerprint density at radius 3 is 2.85 bits per heavy atom. The number of aromatic hydroxyl groups is 1. The van der Waals surface area contributed by atoms with Crippen LogP contribution in [0.15, 0.2) is 21.4 Å². The van der Waals surface area contributed by atoms with Crippen molar-refractivity contribution in [3.63, 3.8) is 0 Å². The molecule has 0 radical (unpaired) electrons. The average molecular weight is 393 g/mol. The van der Waals surface area contributed by atoms with Crippen molar-refractivity contribution in [2.45, 2.75) is 38.6 Å². The first kappa shape index (κ1) is 20.0. The zero-order chi connectivity index (χ0) is 19.1. The summed E-state index contributed by atoms with van der Waals surface area (Å²) in [7, 11) is 0. The molecule has 1 saturated heterocycles. The van der Waals surface area contributed by atoms with E-state index < -0.39 is 5.56 Å². The third-order valence-corrected chi connectivity index (χ3v) is 5.44. The van der Waals surface area contributed by atoms with Crippen molar-refractivity contribution in [2.75, 3.05) is 39.4 Å². The summed E-state index contributed by atoms with van der Waals surface area (Å²) >= 11 is 5.24. The molecule has 3 rings (SSSR count). The van der Waals surface area contributed by atoms with Gasteiger partial charge in [0.25, 0.3) is 5.56 Å². The van der Waals surface area contributed by atoms with Crippen LogP contribution in [0.3, 0.4) is 0 Å². The van der Waals surface area contributed by atoms with Gasteiger partial charge in [-0.15, -0.1) is 0 Å². The minimum absolute atomic E-state index is 0.102. The summed E-state index contributed by atoms with van der Waals surface area (Å²) in [6, 6.07) is 0. The third-order valence-electron chi connectivity index (χ3n) is 5.12. The predicted molar refractivity (Wildman–Crippen MR) is 108 cm³/mol. The van der Waals surface area contributed by atoms with Crippen molar-refractivity contribution < 1.29 is 9.84 Å². The quantitative estimate of drug-likeness (QED) is 0.422. The summed E-state index contributed by atoms with van der Waals surface area (Å²) in [6.45, 7) is 5.25. The lowest BCUT2D eigenvalue weighted by Crippen LogP contribution is -2.37. The molecule has 1 aromatic heterocycles. The number of nitrogens with zero attached hydrogens (tertiary/aromatic N) is 3. The SMILES string of the molecule is O=c1[nH]c(=S)n(CCC2=CCCCC2)c(O)c1C=NCCN1CCOCC1. The minimum atomic E-state index is -0.402. The van der Waals surface area contributed by atoms with Gasteiger partial charge in [0.2, 0.25) is 5.88 Å². The van der Waals surface area contributed by atoms with Gasteiger partial charge in [0.1, 0.15) is 5.56 Å². The second kappa shape index (κ2) is 9.96. The molecule has 0 unspecified atom stereocenters. The van der Waals surface area contributed by atoms with Crippen molar-refractivity contribution in [1.29, 1.82) is 0 Å². The summed E-state index contributed by atoms with van der Waals surface area (Å²) in [5.41, 5.74) is 1.17. The normalized spacial score (nSPS) is 18.7. The largest absolute Gasteiger partial charge is 0.494 e. The Labute approximate surface area is 164 Å². The second-order valence-corrected chi connectivity index (χ2v) is 7.38. The van der Waals surface area contributed by atoms with E-state index in [1.54, 1.807) is 4.57 Å². The molecule has 1 aromatic rings. The number of rotatable bonds is 7. The van der Waals surface area contributed by atoms with E-state index in [9.17, 15) is 9.90 Å². The van der Waals surface area contributed by atoms with E-state index in [0.29, 0.717) is 13.1 Å². The highest BCUT2D eigenvalue weighted by atomic mass is 32.1. The number of allylic oxidation sites excluding steroid dienone is 2. The molecular formula is C19H28N4O3S. The van der Waals surface area contributed by atoms with E-state index in [1.165, 1.54) is 24.6 Å². The molecular weight excluding hydrogens is 364 g/mol. The van der Waals surface area contributed by atoms with Gasteiger partial charge >= 0.3 is 0 Å². The number of H-pyrrole nitrogens is 1. The van der Waals surface area contributed by atoms with E-state index in [-0.39, 0.29) is 16.2 Å². The monoisotopic (exact) mass is 392 g/mol. The first-order chi connectivity index (χ1) is 13.1. The highest BCUT2D eigenvalue weighted by molar-refractivity contribution is 7.71. The van der Waals surface area contributed by atoms with Gasteiger partial charge in [-0.05, 0) is 44.3 Å². The van der Waals surface area contributed by atoms with Gasteiger partial charge in [-0.1, -0.05) is 11.6 Å². The second-order valence-electron chi connectivity index (χ2n) is 7.00. The van der Waals surface area contributed by atoms with Crippen molar-refractivity contribution in [3.05, 3.63) is 32.3 Å². The highest BCUT2D eigenvalue weighted by Crippen LogP contribution is 2.22. The Morgan fingerprint density at radius 1 is 1.30 bits per heavy atom. The Hall–Kier alpha value is -1.77. The molecule has 0 aromatic carbocycles. The first-order valence-electron chi connectivity index (χ1n) is 9.69. The first-order valence-corrected chi connectivity index (χ1v) is 10.1. The van der Waals surface area contributed by atoms with Crippen LogP contribution in [0.5, 0.6) is 5.88 Å². The number of ether oxygens (including phenoxy) is 1. The van der Waals surface area contributed by atoms with Crippen molar-refractivity contribution in [2.24, 2.45) is 4.99 Å². The Morgan fingerprint density at radius 2 is 2.11 bits per heavy atom. The lowest BCUT2D eigenvalue weighted by Gasteiger charge is -2.25. The van der Waals surface area contributed by atoms with E-state index in [4.69, 9.17) is 17.0 Å². The number of morpholine rings is 1.